The van der Waals surface area contributed by atoms with Crippen molar-refractivity contribution in [3.8, 4) is 22.9 Å². The van der Waals surface area contributed by atoms with E-state index in [4.69, 9.17) is 18.9 Å². The molecule has 0 aliphatic carbocycles. The van der Waals surface area contributed by atoms with Crippen molar-refractivity contribution >= 4 is 23.8 Å². The lowest BCUT2D eigenvalue weighted by atomic mass is 10.1. The van der Waals surface area contributed by atoms with Crippen LogP contribution in [0.4, 0.5) is 5.69 Å². The number of carbonyl (C=O) groups is 2. The molecular formula is C23H23N3O8. The van der Waals surface area contributed by atoms with E-state index in [-0.39, 0.29) is 46.4 Å². The summed E-state index contributed by atoms with van der Waals surface area (Å²) in [5.74, 6) is -1.87. The molecule has 1 heterocycles. The van der Waals surface area contributed by atoms with Gasteiger partial charge in [0.15, 0.2) is 17.2 Å². The van der Waals surface area contributed by atoms with Crippen molar-refractivity contribution in [1.29, 1.82) is 0 Å². The molecule has 3 aromatic rings. The van der Waals surface area contributed by atoms with E-state index in [1.54, 1.807) is 37.3 Å². The number of carboxylic acids is 1. The number of H-pyrrole nitrogens is 1. The van der Waals surface area contributed by atoms with Gasteiger partial charge in [0.25, 0.3) is 5.56 Å². The fraction of sp³-hybridized carbons (Fsp3) is 0.217. The van der Waals surface area contributed by atoms with Crippen molar-refractivity contribution in [3.05, 3.63) is 63.6 Å². The maximum atomic E-state index is 13.2. The van der Waals surface area contributed by atoms with Crippen LogP contribution in [0.2, 0.25) is 0 Å². The second kappa shape index (κ2) is 10.4. The predicted molar refractivity (Wildman–Crippen MR) is 123 cm³/mol. The highest BCUT2D eigenvalue weighted by molar-refractivity contribution is 6.01. The van der Waals surface area contributed by atoms with Crippen LogP contribution in [0.1, 0.15) is 33.3 Å². The number of nitrogens with one attached hydrogen (secondary N) is 1. The number of hydrogen-bond acceptors (Lipinski definition) is 8. The Labute approximate surface area is 194 Å². The zero-order chi connectivity index (χ0) is 24.8. The zero-order valence-electron chi connectivity index (χ0n) is 18.9. The normalized spacial score (nSPS) is 10.8. The number of aliphatic imine (C=N–C) groups is 1. The molecule has 0 saturated heterocycles. The molecule has 0 aliphatic heterocycles. The highest BCUT2D eigenvalue weighted by Gasteiger charge is 2.25. The molecule has 2 N–H and O–H groups in total. The maximum Gasteiger partial charge on any atom is 0.357 e. The quantitative estimate of drug-likeness (QED) is 0.360. The third kappa shape index (κ3) is 4.49. The van der Waals surface area contributed by atoms with Crippen LogP contribution in [0, 0.1) is 0 Å². The molecule has 3 rings (SSSR count). The van der Waals surface area contributed by atoms with E-state index in [0.29, 0.717) is 5.69 Å². The summed E-state index contributed by atoms with van der Waals surface area (Å²) in [6, 6.07) is 9.81. The van der Waals surface area contributed by atoms with Gasteiger partial charge in [0, 0.05) is 12.3 Å². The second-order valence-electron chi connectivity index (χ2n) is 6.70. The number of carbonyl (C=O) groups excluding carboxylic acids is 1. The van der Waals surface area contributed by atoms with Gasteiger partial charge < -0.3 is 24.1 Å². The number of aromatic carboxylic acids is 1. The van der Waals surface area contributed by atoms with Gasteiger partial charge in [-0.15, -0.1) is 0 Å². The molecule has 2 aromatic carbocycles. The molecular weight excluding hydrogens is 446 g/mol. The van der Waals surface area contributed by atoms with Crippen LogP contribution in [0.25, 0.3) is 5.69 Å². The molecule has 34 heavy (non-hydrogen) atoms. The Balaban J connectivity index is 2.25. The minimum Gasteiger partial charge on any atom is -0.493 e. The Bertz CT molecular complexity index is 1290. The number of nitrogens with zero attached hydrogens (tertiary/aromatic N) is 2. The lowest BCUT2D eigenvalue weighted by Crippen LogP contribution is -2.17. The molecule has 0 spiro atoms. The first-order valence-electron chi connectivity index (χ1n) is 10.1. The third-order valence-electron chi connectivity index (χ3n) is 4.78. The molecule has 0 amide bonds. The van der Waals surface area contributed by atoms with Crippen molar-refractivity contribution in [2.75, 3.05) is 27.9 Å². The van der Waals surface area contributed by atoms with Crippen molar-refractivity contribution in [1.82, 2.24) is 9.78 Å². The number of para-hydroxylation sites is 1. The van der Waals surface area contributed by atoms with Crippen LogP contribution in [0.15, 0.2) is 46.2 Å². The number of ether oxygens (including phenoxy) is 4. The first kappa shape index (κ1) is 24.1. The Morgan fingerprint density at radius 2 is 1.76 bits per heavy atom. The Kier molecular flexibility index (Phi) is 7.36. The summed E-state index contributed by atoms with van der Waals surface area (Å²) in [6.45, 7) is 1.71. The number of aromatic nitrogens is 2. The van der Waals surface area contributed by atoms with Gasteiger partial charge in [-0.05, 0) is 19.1 Å². The molecule has 0 fully saturated rings. The van der Waals surface area contributed by atoms with E-state index in [2.05, 4.69) is 10.1 Å². The predicted octanol–water partition coefficient (Wildman–Crippen LogP) is 2.82. The van der Waals surface area contributed by atoms with Gasteiger partial charge in [0.05, 0.1) is 44.8 Å². The number of benzene rings is 2. The van der Waals surface area contributed by atoms with Gasteiger partial charge in [-0.1, -0.05) is 18.2 Å². The molecule has 0 atom stereocenters. The summed E-state index contributed by atoms with van der Waals surface area (Å²) in [7, 11) is 4.02. The molecule has 11 heteroatoms. The van der Waals surface area contributed by atoms with Crippen molar-refractivity contribution in [2.24, 2.45) is 4.99 Å². The molecule has 1 aromatic heterocycles. The second-order valence-corrected chi connectivity index (χ2v) is 6.70. The summed E-state index contributed by atoms with van der Waals surface area (Å²) in [6.07, 6.45) is 1.08. The minimum atomic E-state index is -1.31. The van der Waals surface area contributed by atoms with Gasteiger partial charge in [-0.3, -0.25) is 14.9 Å². The lowest BCUT2D eigenvalue weighted by Gasteiger charge is -2.15. The van der Waals surface area contributed by atoms with E-state index in [1.165, 1.54) is 27.4 Å². The number of hydrogen-bond donors (Lipinski definition) is 2. The van der Waals surface area contributed by atoms with Crippen molar-refractivity contribution < 1.29 is 33.6 Å². The summed E-state index contributed by atoms with van der Waals surface area (Å²) >= 11 is 0. The summed E-state index contributed by atoms with van der Waals surface area (Å²) < 4.78 is 22.1. The number of esters is 1. The molecule has 11 nitrogen and oxygen atoms in total. The molecule has 0 bridgehead atoms. The Hall–Kier alpha value is -4.54. The van der Waals surface area contributed by atoms with E-state index >= 15 is 0 Å². The topological polar surface area (TPSA) is 141 Å². The zero-order valence-corrected chi connectivity index (χ0v) is 18.9. The van der Waals surface area contributed by atoms with E-state index in [1.807, 2.05) is 0 Å². The first-order valence-corrected chi connectivity index (χ1v) is 10.1. The Morgan fingerprint density at radius 1 is 1.09 bits per heavy atom. The number of rotatable bonds is 9. The molecule has 0 unspecified atom stereocenters. The van der Waals surface area contributed by atoms with Crippen LogP contribution >= 0.6 is 0 Å². The summed E-state index contributed by atoms with van der Waals surface area (Å²) in [5, 5.41) is 12.5. The van der Waals surface area contributed by atoms with Crippen LogP contribution < -0.4 is 19.8 Å². The van der Waals surface area contributed by atoms with Gasteiger partial charge >= 0.3 is 11.9 Å². The SMILES string of the molecule is CCOC(=O)c1[nH]n(-c2ccccc2)c(=O)c1C=Nc1c(C(=O)O)cc(OC)c(OC)c1OC. The first-order chi connectivity index (χ1) is 16.4. The fourth-order valence-corrected chi connectivity index (χ4v) is 3.25. The van der Waals surface area contributed by atoms with E-state index in [0.717, 1.165) is 10.9 Å². The number of methoxy groups -OCH3 is 3. The van der Waals surface area contributed by atoms with Crippen LogP contribution in [0.5, 0.6) is 17.2 Å². The number of aromatic amines is 1. The molecule has 0 saturated carbocycles. The standard InChI is InChI=1S/C23H23N3O8/c1-5-34-23(30)18-15(21(27)26(25-18)13-9-7-6-8-10-13)12-24-17-14(22(28)29)11-16(31-2)19(32-3)20(17)33-4/h6-12,25H,5H2,1-4H3,(H,28,29). The van der Waals surface area contributed by atoms with Gasteiger partial charge in [0.1, 0.15) is 5.69 Å². The summed E-state index contributed by atoms with van der Waals surface area (Å²) in [5.41, 5.74) is -0.773. The fourth-order valence-electron chi connectivity index (χ4n) is 3.25. The highest BCUT2D eigenvalue weighted by atomic mass is 16.5. The monoisotopic (exact) mass is 469 g/mol. The van der Waals surface area contributed by atoms with Gasteiger partial charge in [0.2, 0.25) is 5.75 Å². The maximum absolute atomic E-state index is 13.2. The molecule has 0 aliphatic rings. The minimum absolute atomic E-state index is 0.0212. The van der Waals surface area contributed by atoms with Crippen molar-refractivity contribution in [2.45, 2.75) is 6.92 Å². The smallest absolute Gasteiger partial charge is 0.357 e. The lowest BCUT2D eigenvalue weighted by molar-refractivity contribution is 0.0518. The van der Waals surface area contributed by atoms with E-state index < -0.39 is 17.5 Å². The van der Waals surface area contributed by atoms with Gasteiger partial charge in [-0.25, -0.2) is 14.3 Å². The van der Waals surface area contributed by atoms with Crippen LogP contribution in [-0.2, 0) is 4.74 Å². The Morgan fingerprint density at radius 3 is 2.32 bits per heavy atom. The van der Waals surface area contributed by atoms with Gasteiger partial charge in [-0.2, -0.15) is 0 Å². The third-order valence-corrected chi connectivity index (χ3v) is 4.78. The average Bonchev–Trinajstić information content (AvgIpc) is 3.18. The summed E-state index contributed by atoms with van der Waals surface area (Å²) in [4.78, 5) is 41.8. The van der Waals surface area contributed by atoms with Crippen LogP contribution in [-0.4, -0.2) is 61.0 Å². The van der Waals surface area contributed by atoms with E-state index in [9.17, 15) is 19.5 Å². The molecule has 0 radical (unpaired) electrons. The average molecular weight is 469 g/mol. The number of carboxylic acid groups (broad SMARTS) is 1. The van der Waals surface area contributed by atoms with Crippen molar-refractivity contribution in [3.63, 3.8) is 0 Å². The highest BCUT2D eigenvalue weighted by Crippen LogP contribution is 2.46. The van der Waals surface area contributed by atoms with Crippen LogP contribution in [0.3, 0.4) is 0 Å². The largest absolute Gasteiger partial charge is 0.493 e. The molecule has 178 valence electrons.